The fraction of sp³-hybridized carbons (Fsp3) is 0.115. The second kappa shape index (κ2) is 10.1. The number of para-hydroxylation sites is 1. The first kappa shape index (κ1) is 22.2. The van der Waals surface area contributed by atoms with Crippen LogP contribution in [0.25, 0.3) is 17.1 Å². The van der Waals surface area contributed by atoms with Crippen LogP contribution in [0.1, 0.15) is 22.2 Å². The summed E-state index contributed by atoms with van der Waals surface area (Å²) in [4.78, 5) is 14.1. The molecule has 5 rings (SSSR count). The van der Waals surface area contributed by atoms with E-state index in [1.165, 1.54) is 11.8 Å². The Morgan fingerprint density at radius 2 is 1.79 bits per heavy atom. The molecule has 1 unspecified atom stereocenters. The molecule has 0 saturated carbocycles. The molecule has 1 amide bonds. The number of benzene rings is 2. The van der Waals surface area contributed by atoms with E-state index in [-0.39, 0.29) is 17.7 Å². The number of carbonyl (C=O) groups is 1. The molecule has 0 aliphatic carbocycles. The molecular formula is C26H22N4O2S2. The minimum atomic E-state index is -0.189. The van der Waals surface area contributed by atoms with Crippen LogP contribution in [0.3, 0.4) is 0 Å². The number of nitrogens with one attached hydrogen (secondary N) is 1. The van der Waals surface area contributed by atoms with Crippen LogP contribution in [0.5, 0.6) is 0 Å². The van der Waals surface area contributed by atoms with Gasteiger partial charge in [0.15, 0.2) is 11.0 Å². The highest BCUT2D eigenvalue weighted by atomic mass is 32.2. The average molecular weight is 487 g/mol. The van der Waals surface area contributed by atoms with Crippen molar-refractivity contribution in [2.45, 2.75) is 18.1 Å². The third-order valence-corrected chi connectivity index (χ3v) is 7.21. The van der Waals surface area contributed by atoms with Gasteiger partial charge in [-0.3, -0.25) is 9.36 Å². The molecule has 5 aromatic rings. The Morgan fingerprint density at radius 1 is 1.03 bits per heavy atom. The van der Waals surface area contributed by atoms with E-state index in [9.17, 15) is 4.79 Å². The number of thiophene rings is 1. The smallest absolute Gasteiger partial charge is 0.231 e. The maximum atomic E-state index is 13.0. The molecule has 0 aliphatic rings. The average Bonchev–Trinajstić information content (AvgIpc) is 3.63. The Labute approximate surface area is 205 Å². The fourth-order valence-corrected chi connectivity index (χ4v) is 5.28. The van der Waals surface area contributed by atoms with E-state index < -0.39 is 0 Å². The second-order valence-electron chi connectivity index (χ2n) is 7.58. The summed E-state index contributed by atoms with van der Waals surface area (Å²) >= 11 is 2.99. The van der Waals surface area contributed by atoms with Gasteiger partial charge in [-0.05, 0) is 42.1 Å². The van der Waals surface area contributed by atoms with E-state index in [0.29, 0.717) is 11.0 Å². The normalized spacial score (nSPS) is 11.9. The van der Waals surface area contributed by atoms with Crippen molar-refractivity contribution >= 4 is 29.0 Å². The number of hydrogen-bond donors (Lipinski definition) is 1. The minimum Gasteiger partial charge on any atom is -0.469 e. The van der Waals surface area contributed by atoms with Crippen molar-refractivity contribution < 1.29 is 9.21 Å². The lowest BCUT2D eigenvalue weighted by Crippen LogP contribution is -2.30. The number of amides is 1. The number of thioether (sulfide) groups is 1. The van der Waals surface area contributed by atoms with Gasteiger partial charge in [0.25, 0.3) is 0 Å². The number of nitrogens with zero attached hydrogens (tertiary/aromatic N) is 3. The van der Waals surface area contributed by atoms with Crippen molar-refractivity contribution in [1.82, 2.24) is 20.1 Å². The molecule has 1 atom stereocenters. The van der Waals surface area contributed by atoms with Gasteiger partial charge in [0.1, 0.15) is 5.76 Å². The SMILES string of the molecule is Cc1occc1-c1nnc(SCC(=O)NC(c2ccccc2)c2cccs2)n1-c1ccccc1. The Bertz CT molecular complexity index is 1360. The van der Waals surface area contributed by atoms with Crippen molar-refractivity contribution in [3.63, 3.8) is 0 Å². The number of aryl methyl sites for hydroxylation is 1. The van der Waals surface area contributed by atoms with E-state index in [1.54, 1.807) is 17.6 Å². The minimum absolute atomic E-state index is 0.0732. The van der Waals surface area contributed by atoms with Gasteiger partial charge in [-0.25, -0.2) is 0 Å². The van der Waals surface area contributed by atoms with Gasteiger partial charge in [0, 0.05) is 10.6 Å². The maximum absolute atomic E-state index is 13.0. The third kappa shape index (κ3) is 4.69. The lowest BCUT2D eigenvalue weighted by atomic mass is 10.1. The molecule has 3 heterocycles. The number of furan rings is 1. The van der Waals surface area contributed by atoms with Crippen LogP contribution in [-0.4, -0.2) is 26.4 Å². The van der Waals surface area contributed by atoms with Crippen LogP contribution < -0.4 is 5.32 Å². The maximum Gasteiger partial charge on any atom is 0.231 e. The van der Waals surface area contributed by atoms with Gasteiger partial charge in [0.05, 0.1) is 23.6 Å². The van der Waals surface area contributed by atoms with Gasteiger partial charge in [-0.2, -0.15) is 0 Å². The van der Waals surface area contributed by atoms with Crippen molar-refractivity contribution in [1.29, 1.82) is 0 Å². The quantitative estimate of drug-likeness (QED) is 0.277. The highest BCUT2D eigenvalue weighted by Crippen LogP contribution is 2.31. The van der Waals surface area contributed by atoms with Crippen molar-refractivity contribution in [2.24, 2.45) is 0 Å². The van der Waals surface area contributed by atoms with E-state index in [1.807, 2.05) is 95.7 Å². The summed E-state index contributed by atoms with van der Waals surface area (Å²) in [6.07, 6.45) is 1.64. The standard InChI is InChI=1S/C26H22N4O2S2/c1-18-21(14-15-32-18)25-28-29-26(30(25)20-11-6-3-7-12-20)34-17-23(31)27-24(22-13-8-16-33-22)19-9-4-2-5-10-19/h2-16,24H,17H2,1H3,(H,27,31). The first-order valence-corrected chi connectivity index (χ1v) is 12.6. The predicted molar refractivity (Wildman–Crippen MR) is 135 cm³/mol. The topological polar surface area (TPSA) is 72.9 Å². The molecule has 1 N–H and O–H groups in total. The van der Waals surface area contributed by atoms with Crippen LogP contribution in [0.2, 0.25) is 0 Å². The predicted octanol–water partition coefficient (Wildman–Crippen LogP) is 5.90. The first-order chi connectivity index (χ1) is 16.7. The second-order valence-corrected chi connectivity index (χ2v) is 9.50. The van der Waals surface area contributed by atoms with E-state index >= 15 is 0 Å². The Hall–Kier alpha value is -3.62. The summed E-state index contributed by atoms with van der Waals surface area (Å²) in [5.74, 6) is 1.59. The van der Waals surface area contributed by atoms with Crippen LogP contribution in [0.4, 0.5) is 0 Å². The zero-order chi connectivity index (χ0) is 23.3. The van der Waals surface area contributed by atoms with Gasteiger partial charge >= 0.3 is 0 Å². The first-order valence-electron chi connectivity index (χ1n) is 10.8. The van der Waals surface area contributed by atoms with Gasteiger partial charge < -0.3 is 9.73 Å². The third-order valence-electron chi connectivity index (χ3n) is 5.35. The van der Waals surface area contributed by atoms with Crippen LogP contribution in [0, 0.1) is 6.92 Å². The van der Waals surface area contributed by atoms with Crippen molar-refractivity contribution in [3.05, 3.63) is 107 Å². The van der Waals surface area contributed by atoms with Gasteiger partial charge in [0.2, 0.25) is 5.91 Å². The number of hydrogen-bond acceptors (Lipinski definition) is 6. The summed E-state index contributed by atoms with van der Waals surface area (Å²) < 4.78 is 7.45. The zero-order valence-electron chi connectivity index (χ0n) is 18.4. The molecule has 0 bridgehead atoms. The Balaban J connectivity index is 1.38. The monoisotopic (exact) mass is 486 g/mol. The molecule has 0 spiro atoms. The fourth-order valence-electron chi connectivity index (χ4n) is 3.72. The largest absolute Gasteiger partial charge is 0.469 e. The van der Waals surface area contributed by atoms with Crippen LogP contribution in [0.15, 0.2) is 100 Å². The summed E-state index contributed by atoms with van der Waals surface area (Å²) in [6.45, 7) is 1.90. The Morgan fingerprint density at radius 3 is 2.47 bits per heavy atom. The van der Waals surface area contributed by atoms with Crippen molar-refractivity contribution in [2.75, 3.05) is 5.75 Å². The lowest BCUT2D eigenvalue weighted by molar-refractivity contribution is -0.119. The molecule has 8 heteroatoms. The summed E-state index contributed by atoms with van der Waals surface area (Å²) in [5, 5.41) is 14.7. The molecule has 0 aliphatic heterocycles. The molecule has 3 aromatic heterocycles. The molecular weight excluding hydrogens is 464 g/mol. The van der Waals surface area contributed by atoms with E-state index in [2.05, 4.69) is 15.5 Å². The molecule has 34 heavy (non-hydrogen) atoms. The molecule has 0 fully saturated rings. The highest BCUT2D eigenvalue weighted by Gasteiger charge is 2.21. The molecule has 170 valence electrons. The summed E-state index contributed by atoms with van der Waals surface area (Å²) in [7, 11) is 0. The molecule has 2 aromatic carbocycles. The van der Waals surface area contributed by atoms with Gasteiger partial charge in [-0.1, -0.05) is 66.4 Å². The van der Waals surface area contributed by atoms with Crippen LogP contribution >= 0.6 is 23.1 Å². The summed E-state index contributed by atoms with van der Waals surface area (Å²) in [6, 6.07) is 25.6. The Kier molecular flexibility index (Phi) is 6.60. The van der Waals surface area contributed by atoms with E-state index in [4.69, 9.17) is 4.42 Å². The lowest BCUT2D eigenvalue weighted by Gasteiger charge is -2.18. The number of aromatic nitrogens is 3. The van der Waals surface area contributed by atoms with Gasteiger partial charge in [-0.15, -0.1) is 21.5 Å². The molecule has 6 nitrogen and oxygen atoms in total. The summed E-state index contributed by atoms with van der Waals surface area (Å²) in [5.41, 5.74) is 2.84. The van der Waals surface area contributed by atoms with Crippen LogP contribution in [-0.2, 0) is 4.79 Å². The van der Waals surface area contributed by atoms with E-state index in [0.717, 1.165) is 27.5 Å². The zero-order valence-corrected chi connectivity index (χ0v) is 20.1. The number of carbonyl (C=O) groups excluding carboxylic acids is 1. The highest BCUT2D eigenvalue weighted by molar-refractivity contribution is 7.99. The molecule has 0 radical (unpaired) electrons. The van der Waals surface area contributed by atoms with Crippen molar-refractivity contribution in [3.8, 4) is 17.1 Å². The molecule has 0 saturated heterocycles. The number of rotatable bonds is 8.